The van der Waals surface area contributed by atoms with Crippen LogP contribution in [0.1, 0.15) is 0 Å². The molecule has 5 heteroatoms. The Morgan fingerprint density at radius 2 is 2.00 bits per heavy atom. The van der Waals surface area contributed by atoms with Gasteiger partial charge in [0.05, 0.1) is 4.90 Å². The lowest BCUT2D eigenvalue weighted by molar-refractivity contribution is 0.475. The summed E-state index contributed by atoms with van der Waals surface area (Å²) in [7, 11) is -3.27. The number of phenols is 1. The number of phenolic OH excluding ortho intramolecular Hbond substituents is 1. The maximum Gasteiger partial charge on any atom is 0.175 e. The monoisotopic (exact) mass is 254 g/mol. The number of sulfone groups is 1. The van der Waals surface area contributed by atoms with Gasteiger partial charge in [-0.1, -0.05) is 0 Å². The molecule has 1 heterocycles. The quantitative estimate of drug-likeness (QED) is 0.896. The Hall–Kier alpha value is -1.33. The van der Waals surface area contributed by atoms with Crippen LogP contribution in [-0.2, 0) is 9.84 Å². The Morgan fingerprint density at radius 3 is 2.50 bits per heavy atom. The molecule has 0 unspecified atom stereocenters. The van der Waals surface area contributed by atoms with Crippen LogP contribution in [0.5, 0.6) is 5.75 Å². The van der Waals surface area contributed by atoms with Crippen molar-refractivity contribution in [1.29, 1.82) is 0 Å². The van der Waals surface area contributed by atoms with Crippen molar-refractivity contribution in [3.8, 4) is 16.9 Å². The number of aromatic hydroxyl groups is 1. The van der Waals surface area contributed by atoms with Gasteiger partial charge in [0.25, 0.3) is 0 Å². The molecule has 1 aromatic heterocycles. The summed E-state index contributed by atoms with van der Waals surface area (Å²) in [4.78, 5) is 0.129. The van der Waals surface area contributed by atoms with E-state index in [0.29, 0.717) is 5.56 Å². The van der Waals surface area contributed by atoms with E-state index in [1.165, 1.54) is 23.5 Å². The van der Waals surface area contributed by atoms with Crippen LogP contribution in [0.25, 0.3) is 11.1 Å². The van der Waals surface area contributed by atoms with E-state index in [0.717, 1.165) is 11.8 Å². The Balaban J connectivity index is 2.54. The molecule has 0 spiro atoms. The molecule has 0 aliphatic carbocycles. The van der Waals surface area contributed by atoms with Crippen LogP contribution in [0, 0.1) is 0 Å². The summed E-state index contributed by atoms with van der Waals surface area (Å²) >= 11 is 1.52. The Morgan fingerprint density at radius 1 is 1.25 bits per heavy atom. The van der Waals surface area contributed by atoms with Gasteiger partial charge in [0.1, 0.15) is 5.75 Å². The largest absolute Gasteiger partial charge is 0.507 e. The number of rotatable bonds is 2. The lowest BCUT2D eigenvalue weighted by Crippen LogP contribution is -1.96. The summed E-state index contributed by atoms with van der Waals surface area (Å²) in [5.41, 5.74) is 1.54. The Kier molecular flexibility index (Phi) is 2.73. The number of hydrogen-bond donors (Lipinski definition) is 1. The highest BCUT2D eigenvalue weighted by molar-refractivity contribution is 7.90. The first kappa shape index (κ1) is 11.2. The van der Waals surface area contributed by atoms with Crippen molar-refractivity contribution in [2.75, 3.05) is 6.26 Å². The fraction of sp³-hybridized carbons (Fsp3) is 0.0909. The third-order valence-electron chi connectivity index (χ3n) is 2.23. The second kappa shape index (κ2) is 3.92. The SMILES string of the molecule is CS(=O)(=O)c1ccc(-c2ccsc2)c(O)c1. The van der Waals surface area contributed by atoms with Crippen LogP contribution in [0.2, 0.25) is 0 Å². The van der Waals surface area contributed by atoms with Gasteiger partial charge in [-0.25, -0.2) is 8.42 Å². The van der Waals surface area contributed by atoms with Crippen molar-refractivity contribution in [3.05, 3.63) is 35.0 Å². The van der Waals surface area contributed by atoms with Crippen LogP contribution in [-0.4, -0.2) is 19.8 Å². The third kappa shape index (κ3) is 2.10. The van der Waals surface area contributed by atoms with E-state index in [1.54, 1.807) is 6.07 Å². The second-order valence-electron chi connectivity index (χ2n) is 3.46. The normalized spacial score (nSPS) is 11.6. The molecule has 2 aromatic rings. The number of thiophene rings is 1. The minimum absolute atomic E-state index is 0.0127. The molecule has 0 aliphatic heterocycles. The minimum Gasteiger partial charge on any atom is -0.507 e. The van der Waals surface area contributed by atoms with Crippen molar-refractivity contribution < 1.29 is 13.5 Å². The lowest BCUT2D eigenvalue weighted by Gasteiger charge is -2.04. The van der Waals surface area contributed by atoms with Gasteiger partial charge in [0.2, 0.25) is 0 Å². The zero-order valence-corrected chi connectivity index (χ0v) is 10.2. The molecule has 16 heavy (non-hydrogen) atoms. The van der Waals surface area contributed by atoms with E-state index in [9.17, 15) is 13.5 Å². The maximum atomic E-state index is 11.3. The van der Waals surface area contributed by atoms with Crippen LogP contribution in [0.15, 0.2) is 39.9 Å². The van der Waals surface area contributed by atoms with Crippen molar-refractivity contribution in [3.63, 3.8) is 0 Å². The summed E-state index contributed by atoms with van der Waals surface area (Å²) in [6, 6.07) is 6.28. The first-order valence-corrected chi connectivity index (χ1v) is 7.37. The Bertz CT molecular complexity index is 598. The molecule has 1 aromatic carbocycles. The van der Waals surface area contributed by atoms with Gasteiger partial charge in [0.15, 0.2) is 9.84 Å². The summed E-state index contributed by atoms with van der Waals surface area (Å²) in [5, 5.41) is 13.6. The highest BCUT2D eigenvalue weighted by atomic mass is 32.2. The van der Waals surface area contributed by atoms with Gasteiger partial charge >= 0.3 is 0 Å². The zero-order chi connectivity index (χ0) is 11.8. The molecule has 0 aliphatic rings. The third-order valence-corrected chi connectivity index (χ3v) is 4.02. The second-order valence-corrected chi connectivity index (χ2v) is 6.26. The van der Waals surface area contributed by atoms with Crippen LogP contribution in [0.4, 0.5) is 0 Å². The van der Waals surface area contributed by atoms with Gasteiger partial charge in [0, 0.05) is 11.8 Å². The summed E-state index contributed by atoms with van der Waals surface area (Å²) in [6.45, 7) is 0. The van der Waals surface area contributed by atoms with Crippen molar-refractivity contribution in [1.82, 2.24) is 0 Å². The average molecular weight is 254 g/mol. The molecule has 84 valence electrons. The molecule has 3 nitrogen and oxygen atoms in total. The van der Waals surface area contributed by atoms with E-state index in [1.807, 2.05) is 16.8 Å². The fourth-order valence-electron chi connectivity index (χ4n) is 1.40. The van der Waals surface area contributed by atoms with Crippen LogP contribution >= 0.6 is 11.3 Å². The molecular weight excluding hydrogens is 244 g/mol. The van der Waals surface area contributed by atoms with Gasteiger partial charge in [-0.05, 0) is 40.6 Å². The molecule has 0 fully saturated rings. The van der Waals surface area contributed by atoms with Gasteiger partial charge in [-0.3, -0.25) is 0 Å². The summed E-state index contributed by atoms with van der Waals surface area (Å²) < 4.78 is 22.5. The van der Waals surface area contributed by atoms with E-state index < -0.39 is 9.84 Å². The first-order chi connectivity index (χ1) is 7.48. The van der Waals surface area contributed by atoms with E-state index in [-0.39, 0.29) is 10.6 Å². The highest BCUT2D eigenvalue weighted by Crippen LogP contribution is 2.32. The van der Waals surface area contributed by atoms with Gasteiger partial charge < -0.3 is 5.11 Å². The molecule has 0 bridgehead atoms. The first-order valence-electron chi connectivity index (χ1n) is 4.54. The van der Waals surface area contributed by atoms with Gasteiger partial charge in [-0.2, -0.15) is 11.3 Å². The van der Waals surface area contributed by atoms with Crippen LogP contribution in [0.3, 0.4) is 0 Å². The molecule has 0 saturated heterocycles. The van der Waals surface area contributed by atoms with Crippen molar-refractivity contribution in [2.24, 2.45) is 0 Å². The summed E-state index contributed by atoms with van der Waals surface area (Å²) in [6.07, 6.45) is 1.12. The highest BCUT2D eigenvalue weighted by Gasteiger charge is 2.11. The predicted molar refractivity (Wildman–Crippen MR) is 64.5 cm³/mol. The molecule has 1 N–H and O–H groups in total. The standard InChI is InChI=1S/C11H10O3S2/c1-16(13,14)9-2-3-10(11(12)6-9)8-4-5-15-7-8/h2-7,12H,1H3. The van der Waals surface area contributed by atoms with Crippen molar-refractivity contribution >= 4 is 21.2 Å². The molecular formula is C11H10O3S2. The van der Waals surface area contributed by atoms with E-state index >= 15 is 0 Å². The molecule has 0 radical (unpaired) electrons. The fourth-order valence-corrected chi connectivity index (χ4v) is 2.70. The molecule has 2 rings (SSSR count). The smallest absolute Gasteiger partial charge is 0.175 e. The van der Waals surface area contributed by atoms with Crippen LogP contribution < -0.4 is 0 Å². The lowest BCUT2D eigenvalue weighted by atomic mass is 10.1. The maximum absolute atomic E-state index is 11.3. The molecule has 0 amide bonds. The Labute approximate surface area is 97.9 Å². The minimum atomic E-state index is -3.27. The topological polar surface area (TPSA) is 54.4 Å². The van der Waals surface area contributed by atoms with Crippen molar-refractivity contribution in [2.45, 2.75) is 4.90 Å². The number of benzene rings is 1. The molecule has 0 atom stereocenters. The van der Waals surface area contributed by atoms with Gasteiger partial charge in [-0.15, -0.1) is 0 Å². The van der Waals surface area contributed by atoms with E-state index in [2.05, 4.69) is 0 Å². The predicted octanol–water partition coefficient (Wildman–Crippen LogP) is 2.52. The average Bonchev–Trinajstić information content (AvgIpc) is 2.69. The van der Waals surface area contributed by atoms with E-state index in [4.69, 9.17) is 0 Å². The zero-order valence-electron chi connectivity index (χ0n) is 8.54. The molecule has 0 saturated carbocycles. The number of hydrogen-bond acceptors (Lipinski definition) is 4. The summed E-state index contributed by atoms with van der Waals surface area (Å²) in [5.74, 6) is -0.0127.